The van der Waals surface area contributed by atoms with E-state index in [-0.39, 0.29) is 0 Å². The van der Waals surface area contributed by atoms with Crippen LogP contribution in [0.3, 0.4) is 0 Å². The summed E-state index contributed by atoms with van der Waals surface area (Å²) in [4.78, 5) is 10.1. The molecule has 2 heteroatoms. The van der Waals surface area contributed by atoms with Gasteiger partial charge in [-0.2, -0.15) is 0 Å². The van der Waals surface area contributed by atoms with Gasteiger partial charge in [0.2, 0.25) is 6.29 Å². The highest BCUT2D eigenvalue weighted by Crippen LogP contribution is 2.20. The predicted molar refractivity (Wildman–Crippen MR) is 44.8 cm³/mol. The van der Waals surface area contributed by atoms with Crippen LogP contribution in [0.5, 0.6) is 0 Å². The van der Waals surface area contributed by atoms with Crippen molar-refractivity contribution < 1.29 is 4.79 Å². The lowest BCUT2D eigenvalue weighted by atomic mass is 9.95. The molecule has 0 heterocycles. The molecule has 0 fully saturated rings. The molecule has 1 aliphatic rings. The molecule has 1 radical (unpaired) electrons. The minimum absolute atomic E-state index is 0.427. The highest BCUT2D eigenvalue weighted by atomic mass is 16.1. The third kappa shape index (κ3) is 2.02. The Balaban J connectivity index is 2.67. The van der Waals surface area contributed by atoms with Crippen LogP contribution in [0.25, 0.3) is 0 Å². The molecule has 0 aromatic heterocycles. The summed E-state index contributed by atoms with van der Waals surface area (Å²) >= 11 is 0. The average Bonchev–Trinajstić information content (AvgIpc) is 2.06. The number of carbonyl (C=O) groups excluding carboxylic acids is 1. The molecule has 0 atom stereocenters. The van der Waals surface area contributed by atoms with E-state index in [1.165, 1.54) is 5.57 Å². The van der Waals surface area contributed by atoms with Crippen LogP contribution in [0.1, 0.15) is 19.3 Å². The van der Waals surface area contributed by atoms with Crippen LogP contribution >= 0.6 is 0 Å². The molecule has 1 aliphatic carbocycles. The Morgan fingerprint density at radius 3 is 2.55 bits per heavy atom. The van der Waals surface area contributed by atoms with Gasteiger partial charge in [0, 0.05) is 13.0 Å². The second kappa shape index (κ2) is 4.09. The SMILES string of the molecule is NCC1=C(C[C]=O)CC=CC1. The summed E-state index contributed by atoms with van der Waals surface area (Å²) in [5, 5.41) is 0. The maximum atomic E-state index is 10.1. The molecule has 0 aromatic rings. The van der Waals surface area contributed by atoms with E-state index in [0.717, 1.165) is 18.4 Å². The average molecular weight is 150 g/mol. The molecular weight excluding hydrogens is 138 g/mol. The zero-order valence-electron chi connectivity index (χ0n) is 6.47. The van der Waals surface area contributed by atoms with E-state index in [0.29, 0.717) is 13.0 Å². The van der Waals surface area contributed by atoms with Gasteiger partial charge in [0.15, 0.2) is 0 Å². The third-order valence-corrected chi connectivity index (χ3v) is 1.93. The largest absolute Gasteiger partial charge is 0.327 e. The minimum atomic E-state index is 0.427. The second-order valence-corrected chi connectivity index (χ2v) is 2.61. The quantitative estimate of drug-likeness (QED) is 0.612. The number of hydrogen-bond acceptors (Lipinski definition) is 2. The molecule has 0 aliphatic heterocycles. The first kappa shape index (κ1) is 8.21. The summed E-state index contributed by atoms with van der Waals surface area (Å²) in [7, 11) is 0. The van der Waals surface area contributed by atoms with Crippen molar-refractivity contribution >= 4 is 6.29 Å². The summed E-state index contributed by atoms with van der Waals surface area (Å²) in [6, 6.07) is 0. The monoisotopic (exact) mass is 150 g/mol. The van der Waals surface area contributed by atoms with Crippen LogP contribution in [-0.2, 0) is 4.79 Å². The molecule has 0 unspecified atom stereocenters. The first-order valence-electron chi connectivity index (χ1n) is 3.78. The number of nitrogens with two attached hydrogens (primary N) is 1. The molecule has 2 nitrogen and oxygen atoms in total. The van der Waals surface area contributed by atoms with Crippen molar-refractivity contribution in [2.24, 2.45) is 5.73 Å². The summed E-state index contributed by atoms with van der Waals surface area (Å²) in [6.45, 7) is 0.571. The van der Waals surface area contributed by atoms with E-state index < -0.39 is 0 Å². The molecule has 0 saturated carbocycles. The summed E-state index contributed by atoms with van der Waals surface area (Å²) in [6.07, 6.45) is 8.29. The van der Waals surface area contributed by atoms with Gasteiger partial charge in [-0.05, 0) is 12.8 Å². The Hall–Kier alpha value is -0.890. The summed E-state index contributed by atoms with van der Waals surface area (Å²) in [5.74, 6) is 0. The summed E-state index contributed by atoms with van der Waals surface area (Å²) < 4.78 is 0. The maximum absolute atomic E-state index is 10.1. The van der Waals surface area contributed by atoms with Crippen molar-refractivity contribution in [3.63, 3.8) is 0 Å². The lowest BCUT2D eigenvalue weighted by Gasteiger charge is -2.12. The molecule has 11 heavy (non-hydrogen) atoms. The topological polar surface area (TPSA) is 43.1 Å². The van der Waals surface area contributed by atoms with Crippen LogP contribution in [0.2, 0.25) is 0 Å². The van der Waals surface area contributed by atoms with Crippen molar-refractivity contribution in [3.8, 4) is 0 Å². The van der Waals surface area contributed by atoms with Crippen molar-refractivity contribution in [1.82, 2.24) is 0 Å². The molecular formula is C9H12NO. The van der Waals surface area contributed by atoms with Crippen molar-refractivity contribution in [3.05, 3.63) is 23.3 Å². The van der Waals surface area contributed by atoms with Crippen molar-refractivity contribution in [2.45, 2.75) is 19.3 Å². The van der Waals surface area contributed by atoms with Gasteiger partial charge in [0.25, 0.3) is 0 Å². The number of hydrogen-bond donors (Lipinski definition) is 1. The molecule has 0 saturated heterocycles. The summed E-state index contributed by atoms with van der Waals surface area (Å²) in [5.41, 5.74) is 7.86. The van der Waals surface area contributed by atoms with Crippen molar-refractivity contribution in [1.29, 1.82) is 0 Å². The molecule has 1 rings (SSSR count). The highest BCUT2D eigenvalue weighted by Gasteiger charge is 2.06. The minimum Gasteiger partial charge on any atom is -0.327 e. The first-order valence-corrected chi connectivity index (χ1v) is 3.78. The fourth-order valence-electron chi connectivity index (χ4n) is 1.25. The molecule has 59 valence electrons. The third-order valence-electron chi connectivity index (χ3n) is 1.93. The molecule has 0 spiro atoms. The van der Waals surface area contributed by atoms with Crippen LogP contribution in [-0.4, -0.2) is 12.8 Å². The van der Waals surface area contributed by atoms with Gasteiger partial charge in [-0.25, -0.2) is 0 Å². The van der Waals surface area contributed by atoms with Crippen LogP contribution in [0.15, 0.2) is 23.3 Å². The van der Waals surface area contributed by atoms with E-state index in [1.54, 1.807) is 0 Å². The Morgan fingerprint density at radius 2 is 2.00 bits per heavy atom. The maximum Gasteiger partial charge on any atom is 0.202 e. The smallest absolute Gasteiger partial charge is 0.202 e. The molecule has 0 amide bonds. The fraction of sp³-hybridized carbons (Fsp3) is 0.444. The Bertz CT molecular complexity index is 200. The van der Waals surface area contributed by atoms with Gasteiger partial charge in [-0.3, -0.25) is 4.79 Å². The van der Waals surface area contributed by atoms with Gasteiger partial charge in [-0.15, -0.1) is 0 Å². The van der Waals surface area contributed by atoms with Gasteiger partial charge in [0.05, 0.1) is 0 Å². The van der Waals surface area contributed by atoms with Gasteiger partial charge in [0.1, 0.15) is 0 Å². The normalized spacial score (nSPS) is 17.2. The zero-order valence-corrected chi connectivity index (χ0v) is 6.47. The Labute approximate surface area is 66.8 Å². The van der Waals surface area contributed by atoms with E-state index in [2.05, 4.69) is 12.2 Å². The van der Waals surface area contributed by atoms with Crippen LogP contribution < -0.4 is 5.73 Å². The van der Waals surface area contributed by atoms with E-state index in [9.17, 15) is 4.79 Å². The predicted octanol–water partition coefficient (Wildman–Crippen LogP) is 1.09. The Kier molecular flexibility index (Phi) is 3.05. The van der Waals surface area contributed by atoms with Gasteiger partial charge < -0.3 is 5.73 Å². The zero-order chi connectivity index (χ0) is 8.10. The van der Waals surface area contributed by atoms with E-state index in [1.807, 2.05) is 6.29 Å². The lowest BCUT2D eigenvalue weighted by Crippen LogP contribution is -2.08. The van der Waals surface area contributed by atoms with Gasteiger partial charge in [-0.1, -0.05) is 23.3 Å². The number of allylic oxidation sites excluding steroid dienone is 3. The number of rotatable bonds is 3. The molecule has 2 N–H and O–H groups in total. The van der Waals surface area contributed by atoms with Crippen molar-refractivity contribution in [2.75, 3.05) is 6.54 Å². The standard InChI is InChI=1S/C9H12NO/c10-7-9-4-2-1-3-8(9)5-6-11/h1-2H,3-5,7,10H2. The fourth-order valence-corrected chi connectivity index (χ4v) is 1.25. The first-order chi connectivity index (χ1) is 5.38. The second-order valence-electron chi connectivity index (χ2n) is 2.61. The molecule has 0 bridgehead atoms. The van der Waals surface area contributed by atoms with E-state index in [4.69, 9.17) is 5.73 Å². The van der Waals surface area contributed by atoms with E-state index >= 15 is 0 Å². The molecule has 0 aromatic carbocycles. The lowest BCUT2D eigenvalue weighted by molar-refractivity contribution is 0.554. The van der Waals surface area contributed by atoms with Gasteiger partial charge >= 0.3 is 0 Å². The van der Waals surface area contributed by atoms with Crippen LogP contribution in [0.4, 0.5) is 0 Å². The highest BCUT2D eigenvalue weighted by molar-refractivity contribution is 5.56. The van der Waals surface area contributed by atoms with Crippen LogP contribution in [0, 0.1) is 0 Å². The Morgan fingerprint density at radius 1 is 1.36 bits per heavy atom.